The normalized spacial score (nSPS) is 17.1. The van der Waals surface area contributed by atoms with Crippen molar-refractivity contribution in [1.29, 1.82) is 0 Å². The lowest BCUT2D eigenvalue weighted by molar-refractivity contribution is -0.142. The Bertz CT molecular complexity index is 1860. The van der Waals surface area contributed by atoms with Crippen LogP contribution in [0.15, 0.2) is 94.6 Å². The summed E-state index contributed by atoms with van der Waals surface area (Å²) in [5.41, 5.74) is 3.27. The van der Waals surface area contributed by atoms with E-state index in [2.05, 4.69) is 17.4 Å². The van der Waals surface area contributed by atoms with Crippen LogP contribution in [0.5, 0.6) is 0 Å². The Kier molecular flexibility index (Phi) is 9.54. The number of carboxylic acids is 1. The number of nitrogens with zero attached hydrogens (tertiary/aromatic N) is 3. The maximum absolute atomic E-state index is 13.4. The number of fused-ring (bicyclic) bond motifs is 3. The Hall–Kier alpha value is -5.00. The van der Waals surface area contributed by atoms with Crippen LogP contribution in [0, 0.1) is 6.92 Å². The van der Waals surface area contributed by atoms with Crippen LogP contribution in [0.3, 0.4) is 0 Å². The van der Waals surface area contributed by atoms with Gasteiger partial charge < -0.3 is 15.2 Å². The Morgan fingerprint density at radius 3 is 2.15 bits per heavy atom. The van der Waals surface area contributed by atoms with Crippen molar-refractivity contribution in [2.75, 3.05) is 26.2 Å². The molecule has 1 aromatic heterocycles. The molecule has 1 amide bonds. The molecule has 2 aliphatic rings. The number of alkyl carbamates (subject to hydrolysis) is 1. The highest BCUT2D eigenvalue weighted by Gasteiger charge is 2.38. The fraction of sp³-hybridized carbons (Fsp3) is 0.265. The third kappa shape index (κ3) is 6.11. The molecule has 0 unspecified atom stereocenters. The number of aliphatic carboxylic acids is 1. The predicted octanol–water partition coefficient (Wildman–Crippen LogP) is 3.67. The summed E-state index contributed by atoms with van der Waals surface area (Å²) in [4.78, 5) is 65.8. The largest absolute Gasteiger partial charge is 0.480 e. The van der Waals surface area contributed by atoms with E-state index in [0.717, 1.165) is 22.3 Å². The van der Waals surface area contributed by atoms with Gasteiger partial charge >= 0.3 is 17.8 Å². The van der Waals surface area contributed by atoms with Crippen molar-refractivity contribution in [2.24, 2.45) is 0 Å². The summed E-state index contributed by atoms with van der Waals surface area (Å²) in [6.45, 7) is 2.14. The van der Waals surface area contributed by atoms with Crippen molar-refractivity contribution >= 4 is 30.4 Å². The molecule has 238 valence electrons. The minimum absolute atomic E-state index is 0. The number of carboxylic acid groups (broad SMARTS) is 1. The van der Waals surface area contributed by atoms with Crippen LogP contribution < -0.4 is 16.6 Å². The summed E-state index contributed by atoms with van der Waals surface area (Å²) in [6, 6.07) is 22.6. The van der Waals surface area contributed by atoms with Crippen molar-refractivity contribution in [2.45, 2.75) is 31.3 Å². The SMILES string of the molecule is Cc1cn([C@@H]2C[C@H](C(=O)O)N(CCNC(=O)OCC3c4ccccc4-c4ccccc43)C2)c(=O)n(C(=O)c2ccccc2)c1=O.Cl. The van der Waals surface area contributed by atoms with E-state index in [9.17, 15) is 29.1 Å². The van der Waals surface area contributed by atoms with E-state index >= 15 is 0 Å². The van der Waals surface area contributed by atoms with Gasteiger partial charge in [-0.2, -0.15) is 4.57 Å². The molecule has 2 atom stereocenters. The van der Waals surface area contributed by atoms with E-state index in [1.165, 1.54) is 29.8 Å². The highest BCUT2D eigenvalue weighted by molar-refractivity contribution is 5.95. The number of amides is 1. The average molecular weight is 645 g/mol. The predicted molar refractivity (Wildman–Crippen MR) is 173 cm³/mol. The number of hydrogen-bond donors (Lipinski definition) is 2. The number of nitrogens with one attached hydrogen (secondary N) is 1. The molecule has 3 aromatic carbocycles. The monoisotopic (exact) mass is 644 g/mol. The zero-order valence-corrected chi connectivity index (χ0v) is 25.8. The van der Waals surface area contributed by atoms with E-state index in [-0.39, 0.29) is 62.1 Å². The molecule has 4 aromatic rings. The third-order valence-corrected chi connectivity index (χ3v) is 8.58. The molecular formula is C34H33ClN4O7. The second-order valence-corrected chi connectivity index (χ2v) is 11.3. The number of carbonyl (C=O) groups is 3. The van der Waals surface area contributed by atoms with Gasteiger partial charge in [-0.15, -0.1) is 12.4 Å². The number of rotatable bonds is 8. The molecule has 2 heterocycles. The quantitative estimate of drug-likeness (QED) is 0.296. The number of hydrogen-bond acceptors (Lipinski definition) is 7. The van der Waals surface area contributed by atoms with Gasteiger partial charge in [0.1, 0.15) is 12.6 Å². The molecule has 0 bridgehead atoms. The van der Waals surface area contributed by atoms with Gasteiger partial charge in [0.25, 0.3) is 11.5 Å². The first-order chi connectivity index (χ1) is 21.7. The first kappa shape index (κ1) is 32.4. The van der Waals surface area contributed by atoms with Crippen LogP contribution in [0.4, 0.5) is 4.79 Å². The molecule has 1 saturated heterocycles. The summed E-state index contributed by atoms with van der Waals surface area (Å²) in [7, 11) is 0. The number of likely N-dealkylation sites (tertiary alicyclic amines) is 1. The number of aryl methyl sites for hydroxylation is 1. The Balaban J connectivity index is 0.00000417. The van der Waals surface area contributed by atoms with Gasteiger partial charge in [0, 0.05) is 42.9 Å². The van der Waals surface area contributed by atoms with Crippen LogP contribution in [-0.2, 0) is 9.53 Å². The zero-order valence-electron chi connectivity index (χ0n) is 25.0. The standard InChI is InChI=1S/C34H32N4O7.ClH/c1-21-18-37(34(44)38(30(21)39)31(40)22-9-3-2-4-10-22)23-17-29(32(41)42)36(19-23)16-15-35-33(43)45-20-28-26-13-7-5-11-24(26)25-12-6-8-14-27(25)28;/h2-14,18,23,28-29H,15-17,19-20H2,1H3,(H,35,43)(H,41,42);1H/t23-,29-;/m1./s1. The molecule has 1 aliphatic carbocycles. The van der Waals surface area contributed by atoms with Gasteiger partial charge in [-0.05, 0) is 47.7 Å². The van der Waals surface area contributed by atoms with Crippen molar-refractivity contribution in [1.82, 2.24) is 19.4 Å². The van der Waals surface area contributed by atoms with Crippen LogP contribution >= 0.6 is 12.4 Å². The number of aromatic nitrogens is 2. The fourth-order valence-electron chi connectivity index (χ4n) is 6.38. The summed E-state index contributed by atoms with van der Waals surface area (Å²) in [6.07, 6.45) is 0.844. The van der Waals surface area contributed by atoms with Gasteiger partial charge in [0.05, 0.1) is 6.04 Å². The maximum atomic E-state index is 13.4. The lowest BCUT2D eigenvalue weighted by Gasteiger charge is -2.21. The first-order valence-electron chi connectivity index (χ1n) is 14.7. The van der Waals surface area contributed by atoms with Crippen LogP contribution in [0.25, 0.3) is 11.1 Å². The van der Waals surface area contributed by atoms with Crippen LogP contribution in [0.1, 0.15) is 45.4 Å². The zero-order chi connectivity index (χ0) is 31.7. The van der Waals surface area contributed by atoms with Gasteiger partial charge in [-0.25, -0.2) is 9.59 Å². The maximum Gasteiger partial charge on any atom is 0.407 e. The Morgan fingerprint density at radius 1 is 0.913 bits per heavy atom. The first-order valence-corrected chi connectivity index (χ1v) is 14.7. The van der Waals surface area contributed by atoms with Crippen molar-refractivity contribution in [3.63, 3.8) is 0 Å². The number of carbonyl (C=O) groups excluding carboxylic acids is 2. The molecule has 12 heteroatoms. The van der Waals surface area contributed by atoms with E-state index in [1.54, 1.807) is 23.1 Å². The average Bonchev–Trinajstić information content (AvgIpc) is 3.62. The molecule has 46 heavy (non-hydrogen) atoms. The molecule has 6 rings (SSSR count). The minimum atomic E-state index is -1.07. The summed E-state index contributed by atoms with van der Waals surface area (Å²) in [5, 5.41) is 12.6. The van der Waals surface area contributed by atoms with Crippen molar-refractivity contribution in [3.8, 4) is 11.1 Å². The van der Waals surface area contributed by atoms with Crippen molar-refractivity contribution < 1.29 is 24.2 Å². The smallest absolute Gasteiger partial charge is 0.407 e. The van der Waals surface area contributed by atoms with Gasteiger partial charge in [-0.1, -0.05) is 66.7 Å². The number of benzene rings is 3. The summed E-state index contributed by atoms with van der Waals surface area (Å²) >= 11 is 0. The number of halogens is 1. The molecule has 1 fully saturated rings. The van der Waals surface area contributed by atoms with E-state index in [4.69, 9.17) is 4.74 Å². The van der Waals surface area contributed by atoms with Gasteiger partial charge in [-0.3, -0.25) is 23.9 Å². The third-order valence-electron chi connectivity index (χ3n) is 8.58. The molecule has 11 nitrogen and oxygen atoms in total. The van der Waals surface area contributed by atoms with Crippen LogP contribution in [0.2, 0.25) is 0 Å². The highest BCUT2D eigenvalue weighted by Crippen LogP contribution is 2.44. The topological polar surface area (TPSA) is 140 Å². The Morgan fingerprint density at radius 2 is 1.52 bits per heavy atom. The molecular weight excluding hydrogens is 612 g/mol. The second-order valence-electron chi connectivity index (χ2n) is 11.3. The lowest BCUT2D eigenvalue weighted by Crippen LogP contribution is -2.46. The molecule has 1 aliphatic heterocycles. The molecule has 0 saturated carbocycles. The van der Waals surface area contributed by atoms with Gasteiger partial charge in [0.15, 0.2) is 0 Å². The summed E-state index contributed by atoms with van der Waals surface area (Å²) in [5.74, 6) is -1.91. The molecule has 2 N–H and O–H groups in total. The molecule has 0 spiro atoms. The van der Waals surface area contributed by atoms with Gasteiger partial charge in [0.2, 0.25) is 0 Å². The fourth-order valence-corrected chi connectivity index (χ4v) is 6.38. The lowest BCUT2D eigenvalue weighted by atomic mass is 9.98. The van der Waals surface area contributed by atoms with E-state index < -0.39 is 41.3 Å². The number of ether oxygens (including phenoxy) is 1. The van der Waals surface area contributed by atoms with E-state index in [0.29, 0.717) is 4.57 Å². The van der Waals surface area contributed by atoms with Crippen molar-refractivity contribution in [3.05, 3.63) is 128 Å². The summed E-state index contributed by atoms with van der Waals surface area (Å²) < 4.78 is 7.46. The second kappa shape index (κ2) is 13.6. The molecule has 0 radical (unpaired) electrons. The van der Waals surface area contributed by atoms with E-state index in [1.807, 2.05) is 36.4 Å². The highest BCUT2D eigenvalue weighted by atomic mass is 35.5. The van der Waals surface area contributed by atoms with Crippen LogP contribution in [-0.4, -0.2) is 69.4 Å². The Labute approximate surface area is 270 Å². The minimum Gasteiger partial charge on any atom is -0.480 e.